The van der Waals surface area contributed by atoms with Gasteiger partial charge in [0.25, 0.3) is 0 Å². The van der Waals surface area contributed by atoms with Crippen molar-refractivity contribution in [3.8, 4) is 6.07 Å². The van der Waals surface area contributed by atoms with E-state index < -0.39 is 0 Å². The van der Waals surface area contributed by atoms with E-state index in [-0.39, 0.29) is 5.54 Å². The fraction of sp³-hybridized carbons (Fsp3) is 0.933. The van der Waals surface area contributed by atoms with Crippen molar-refractivity contribution in [3.63, 3.8) is 0 Å². The smallest absolute Gasteiger partial charge is 0.103 e. The summed E-state index contributed by atoms with van der Waals surface area (Å²) in [5.41, 5.74) is 0.186. The molecule has 0 aliphatic carbocycles. The standard InChI is InChI=1S/C15H29N3/c1-5-17-15(4,13-16)7-6-10-18-11-8-14(2,3)9-12-18/h17H,5-12H2,1-4H3. The lowest BCUT2D eigenvalue weighted by molar-refractivity contribution is 0.129. The summed E-state index contributed by atoms with van der Waals surface area (Å²) in [7, 11) is 0. The van der Waals surface area contributed by atoms with Gasteiger partial charge in [-0.3, -0.25) is 5.32 Å². The molecular formula is C15H29N3. The molecule has 1 saturated heterocycles. The highest BCUT2D eigenvalue weighted by atomic mass is 15.1. The Hall–Kier alpha value is -0.590. The minimum atomic E-state index is -0.343. The lowest BCUT2D eigenvalue weighted by Crippen LogP contribution is -2.42. The van der Waals surface area contributed by atoms with Crippen molar-refractivity contribution in [1.82, 2.24) is 10.2 Å². The number of nitrogens with one attached hydrogen (secondary N) is 1. The van der Waals surface area contributed by atoms with E-state index in [9.17, 15) is 5.26 Å². The number of nitriles is 1. The van der Waals surface area contributed by atoms with Gasteiger partial charge in [0.05, 0.1) is 6.07 Å². The van der Waals surface area contributed by atoms with E-state index in [1.807, 2.05) is 6.92 Å². The van der Waals surface area contributed by atoms with Gasteiger partial charge in [0, 0.05) is 0 Å². The summed E-state index contributed by atoms with van der Waals surface area (Å²) < 4.78 is 0. The second-order valence-corrected chi connectivity index (χ2v) is 6.58. The van der Waals surface area contributed by atoms with Crippen LogP contribution in [0.5, 0.6) is 0 Å². The topological polar surface area (TPSA) is 39.1 Å². The fourth-order valence-electron chi connectivity index (χ4n) is 2.61. The highest BCUT2D eigenvalue weighted by Gasteiger charge is 2.26. The van der Waals surface area contributed by atoms with Crippen LogP contribution in [0.2, 0.25) is 0 Å². The summed E-state index contributed by atoms with van der Waals surface area (Å²) >= 11 is 0. The Morgan fingerprint density at radius 1 is 1.33 bits per heavy atom. The van der Waals surface area contributed by atoms with E-state index in [0.29, 0.717) is 5.41 Å². The molecule has 1 unspecified atom stereocenters. The molecular weight excluding hydrogens is 222 g/mol. The second kappa shape index (κ2) is 6.54. The molecule has 3 heteroatoms. The summed E-state index contributed by atoms with van der Waals surface area (Å²) in [6.07, 6.45) is 4.65. The van der Waals surface area contributed by atoms with Crippen LogP contribution in [0, 0.1) is 16.7 Å². The van der Waals surface area contributed by atoms with Gasteiger partial charge < -0.3 is 4.90 Å². The molecule has 0 bridgehead atoms. The van der Waals surface area contributed by atoms with Gasteiger partial charge >= 0.3 is 0 Å². The molecule has 0 saturated carbocycles. The first-order valence-electron chi connectivity index (χ1n) is 7.29. The van der Waals surface area contributed by atoms with Crippen LogP contribution in [0.3, 0.4) is 0 Å². The van der Waals surface area contributed by atoms with Crippen LogP contribution in [0.25, 0.3) is 0 Å². The van der Waals surface area contributed by atoms with Crippen LogP contribution < -0.4 is 5.32 Å². The second-order valence-electron chi connectivity index (χ2n) is 6.58. The molecule has 1 aliphatic heterocycles. The van der Waals surface area contributed by atoms with Gasteiger partial charge in [-0.1, -0.05) is 20.8 Å². The zero-order valence-electron chi connectivity index (χ0n) is 12.6. The Labute approximate surface area is 113 Å². The number of hydrogen-bond donors (Lipinski definition) is 1. The van der Waals surface area contributed by atoms with E-state index in [2.05, 4.69) is 37.1 Å². The number of likely N-dealkylation sites (tertiary alicyclic amines) is 1. The quantitative estimate of drug-likeness (QED) is 0.789. The van der Waals surface area contributed by atoms with Crippen molar-refractivity contribution >= 4 is 0 Å². The van der Waals surface area contributed by atoms with Crippen LogP contribution in [0.4, 0.5) is 0 Å². The summed E-state index contributed by atoms with van der Waals surface area (Å²) in [5, 5.41) is 12.5. The fourth-order valence-corrected chi connectivity index (χ4v) is 2.61. The third kappa shape index (κ3) is 4.96. The van der Waals surface area contributed by atoms with Crippen LogP contribution in [0.15, 0.2) is 0 Å². The molecule has 1 heterocycles. The average Bonchev–Trinajstić information content (AvgIpc) is 2.32. The first kappa shape index (κ1) is 15.5. The maximum atomic E-state index is 9.20. The van der Waals surface area contributed by atoms with Crippen LogP contribution in [-0.4, -0.2) is 36.6 Å². The van der Waals surface area contributed by atoms with Gasteiger partial charge in [-0.2, -0.15) is 5.26 Å². The predicted molar refractivity (Wildman–Crippen MR) is 76.4 cm³/mol. The Morgan fingerprint density at radius 2 is 1.94 bits per heavy atom. The van der Waals surface area contributed by atoms with Gasteiger partial charge in [-0.25, -0.2) is 0 Å². The molecule has 1 atom stereocenters. The van der Waals surface area contributed by atoms with Gasteiger partial charge in [0.2, 0.25) is 0 Å². The number of piperidine rings is 1. The van der Waals surface area contributed by atoms with Gasteiger partial charge in [-0.15, -0.1) is 0 Å². The summed E-state index contributed by atoms with van der Waals surface area (Å²) in [4.78, 5) is 2.55. The average molecular weight is 251 g/mol. The normalized spacial score (nSPS) is 23.3. The molecule has 0 aromatic rings. The van der Waals surface area contributed by atoms with Crippen molar-refractivity contribution in [2.45, 2.75) is 58.9 Å². The van der Waals surface area contributed by atoms with Crippen molar-refractivity contribution in [1.29, 1.82) is 5.26 Å². The van der Waals surface area contributed by atoms with Crippen LogP contribution in [-0.2, 0) is 0 Å². The minimum Gasteiger partial charge on any atom is -0.303 e. The Morgan fingerprint density at radius 3 is 2.44 bits per heavy atom. The van der Waals surface area contributed by atoms with E-state index in [4.69, 9.17) is 0 Å². The molecule has 0 amide bonds. The molecule has 0 aromatic heterocycles. The first-order chi connectivity index (χ1) is 8.41. The molecule has 18 heavy (non-hydrogen) atoms. The molecule has 0 aromatic carbocycles. The maximum absolute atomic E-state index is 9.20. The molecule has 1 N–H and O–H groups in total. The van der Waals surface area contributed by atoms with Crippen molar-refractivity contribution in [3.05, 3.63) is 0 Å². The van der Waals surface area contributed by atoms with E-state index >= 15 is 0 Å². The van der Waals surface area contributed by atoms with E-state index in [1.54, 1.807) is 0 Å². The lowest BCUT2D eigenvalue weighted by Gasteiger charge is -2.37. The predicted octanol–water partition coefficient (Wildman–Crippen LogP) is 2.78. The Balaban J connectivity index is 2.24. The summed E-state index contributed by atoms with van der Waals surface area (Å²) in [6, 6.07) is 2.40. The van der Waals surface area contributed by atoms with Gasteiger partial charge in [0.1, 0.15) is 5.54 Å². The third-order valence-corrected chi connectivity index (χ3v) is 4.17. The number of rotatable bonds is 6. The van der Waals surface area contributed by atoms with Gasteiger partial charge in [0.15, 0.2) is 0 Å². The summed E-state index contributed by atoms with van der Waals surface area (Å²) in [5.74, 6) is 0. The highest BCUT2D eigenvalue weighted by Crippen LogP contribution is 2.29. The van der Waals surface area contributed by atoms with E-state index in [1.165, 1.54) is 25.9 Å². The molecule has 3 nitrogen and oxygen atoms in total. The summed E-state index contributed by atoms with van der Waals surface area (Å²) in [6.45, 7) is 13.2. The van der Waals surface area contributed by atoms with Crippen LogP contribution in [0.1, 0.15) is 53.4 Å². The third-order valence-electron chi connectivity index (χ3n) is 4.17. The molecule has 104 valence electrons. The molecule has 0 radical (unpaired) electrons. The van der Waals surface area contributed by atoms with Crippen molar-refractivity contribution in [2.75, 3.05) is 26.2 Å². The van der Waals surface area contributed by atoms with Gasteiger partial charge in [-0.05, 0) is 64.2 Å². The first-order valence-corrected chi connectivity index (χ1v) is 7.29. The lowest BCUT2D eigenvalue weighted by atomic mass is 9.82. The Bertz CT molecular complexity index is 283. The van der Waals surface area contributed by atoms with Crippen LogP contribution >= 0.6 is 0 Å². The zero-order valence-corrected chi connectivity index (χ0v) is 12.6. The van der Waals surface area contributed by atoms with Crippen molar-refractivity contribution < 1.29 is 0 Å². The Kier molecular flexibility index (Phi) is 5.62. The van der Waals surface area contributed by atoms with E-state index in [0.717, 1.165) is 25.9 Å². The minimum absolute atomic E-state index is 0.343. The maximum Gasteiger partial charge on any atom is 0.103 e. The molecule has 1 rings (SSSR count). The van der Waals surface area contributed by atoms with Crippen molar-refractivity contribution in [2.24, 2.45) is 5.41 Å². The highest BCUT2D eigenvalue weighted by molar-refractivity contribution is 5.03. The number of hydrogen-bond acceptors (Lipinski definition) is 3. The SMILES string of the molecule is CCNC(C)(C#N)CCCN1CCC(C)(C)CC1. The number of nitrogens with zero attached hydrogens (tertiary/aromatic N) is 2. The molecule has 1 fully saturated rings. The monoisotopic (exact) mass is 251 g/mol. The molecule has 1 aliphatic rings. The zero-order chi connectivity index (χ0) is 13.6. The largest absolute Gasteiger partial charge is 0.303 e. The molecule has 0 spiro atoms.